The lowest BCUT2D eigenvalue weighted by Gasteiger charge is -2.17. The summed E-state index contributed by atoms with van der Waals surface area (Å²) in [5, 5.41) is 16.7. The zero-order chi connectivity index (χ0) is 14.6. The maximum Gasteiger partial charge on any atom is 0.265 e. The molecule has 0 radical (unpaired) electrons. The van der Waals surface area contributed by atoms with E-state index >= 15 is 0 Å². The van der Waals surface area contributed by atoms with E-state index in [4.69, 9.17) is 10.2 Å². The Morgan fingerprint density at radius 2 is 2.05 bits per heavy atom. The number of hydrogen-bond acceptors (Lipinski definition) is 4. The molecule has 0 fully saturated rings. The van der Waals surface area contributed by atoms with Gasteiger partial charge in [-0.25, -0.2) is 22.3 Å². The zero-order valence-electron chi connectivity index (χ0n) is 10.3. The third-order valence-corrected chi connectivity index (χ3v) is 3.52. The second kappa shape index (κ2) is 6.38. The van der Waals surface area contributed by atoms with Gasteiger partial charge in [0.25, 0.3) is 6.43 Å². The number of halogens is 2. The number of aliphatic hydroxyl groups is 1. The first-order valence-corrected chi connectivity index (χ1v) is 7.09. The predicted molar refractivity (Wildman–Crippen MR) is 66.2 cm³/mol. The topological polar surface area (TPSA) is 92.4 Å². The zero-order valence-corrected chi connectivity index (χ0v) is 11.1. The minimum absolute atomic E-state index is 0.0481. The molecule has 5 nitrogen and oxygen atoms in total. The van der Waals surface area contributed by atoms with E-state index in [0.717, 1.165) is 0 Å². The van der Waals surface area contributed by atoms with Gasteiger partial charge in [0, 0.05) is 12.6 Å². The van der Waals surface area contributed by atoms with E-state index in [2.05, 4.69) is 5.32 Å². The highest BCUT2D eigenvalue weighted by atomic mass is 32.2. The van der Waals surface area contributed by atoms with Crippen molar-refractivity contribution in [2.45, 2.75) is 30.4 Å². The standard InChI is InChI=1S/C11H16F2N2O3S/c1-7(15-6-10(16)11(12)13)8-3-2-4-9(5-8)19(14,17)18/h2-5,7,10-11,15-16H,6H2,1H3,(H2,14,17,18). The largest absolute Gasteiger partial charge is 0.386 e. The maximum absolute atomic E-state index is 12.1. The summed E-state index contributed by atoms with van der Waals surface area (Å²) in [5.74, 6) is 0. The molecule has 0 spiro atoms. The van der Waals surface area contributed by atoms with Gasteiger partial charge >= 0.3 is 0 Å². The van der Waals surface area contributed by atoms with Crippen LogP contribution in [0.3, 0.4) is 0 Å². The smallest absolute Gasteiger partial charge is 0.265 e. The van der Waals surface area contributed by atoms with E-state index in [-0.39, 0.29) is 11.4 Å². The summed E-state index contributed by atoms with van der Waals surface area (Å²) in [7, 11) is -3.80. The summed E-state index contributed by atoms with van der Waals surface area (Å²) in [6.07, 6.45) is -4.58. The van der Waals surface area contributed by atoms with E-state index in [0.29, 0.717) is 5.56 Å². The molecule has 0 saturated carbocycles. The summed E-state index contributed by atoms with van der Waals surface area (Å²) in [4.78, 5) is -0.0481. The van der Waals surface area contributed by atoms with Gasteiger partial charge in [-0.2, -0.15) is 0 Å². The van der Waals surface area contributed by atoms with Crippen LogP contribution in [-0.4, -0.2) is 32.6 Å². The molecule has 0 heterocycles. The van der Waals surface area contributed by atoms with Crippen molar-refractivity contribution >= 4 is 10.0 Å². The summed E-state index contributed by atoms with van der Waals surface area (Å²) < 4.78 is 46.6. The van der Waals surface area contributed by atoms with Crippen molar-refractivity contribution in [1.29, 1.82) is 0 Å². The molecular weight excluding hydrogens is 278 g/mol. The number of rotatable bonds is 6. The van der Waals surface area contributed by atoms with E-state index in [9.17, 15) is 17.2 Å². The third kappa shape index (κ3) is 4.83. The van der Waals surface area contributed by atoms with Gasteiger partial charge in [-0.15, -0.1) is 0 Å². The maximum atomic E-state index is 12.1. The van der Waals surface area contributed by atoms with Crippen LogP contribution in [0.15, 0.2) is 29.2 Å². The molecule has 0 amide bonds. The van der Waals surface area contributed by atoms with Crippen LogP contribution in [0.1, 0.15) is 18.5 Å². The average Bonchev–Trinajstić information content (AvgIpc) is 2.34. The van der Waals surface area contributed by atoms with Crippen molar-refractivity contribution in [1.82, 2.24) is 5.32 Å². The highest BCUT2D eigenvalue weighted by Crippen LogP contribution is 2.16. The van der Waals surface area contributed by atoms with Crippen molar-refractivity contribution < 1.29 is 22.3 Å². The van der Waals surface area contributed by atoms with E-state index in [1.54, 1.807) is 13.0 Å². The van der Waals surface area contributed by atoms with Crippen LogP contribution in [0.5, 0.6) is 0 Å². The average molecular weight is 294 g/mol. The molecule has 0 saturated heterocycles. The first-order chi connectivity index (χ1) is 8.71. The van der Waals surface area contributed by atoms with E-state index < -0.39 is 28.6 Å². The molecule has 1 aromatic carbocycles. The minimum Gasteiger partial charge on any atom is -0.386 e. The Morgan fingerprint density at radius 3 is 2.58 bits per heavy atom. The molecule has 1 rings (SSSR count). The molecule has 2 atom stereocenters. The number of hydrogen-bond donors (Lipinski definition) is 3. The van der Waals surface area contributed by atoms with Gasteiger partial charge in [-0.1, -0.05) is 12.1 Å². The highest BCUT2D eigenvalue weighted by Gasteiger charge is 2.18. The van der Waals surface area contributed by atoms with Gasteiger partial charge in [0.05, 0.1) is 4.90 Å². The predicted octanol–water partition coefficient (Wildman–Crippen LogP) is 0.611. The SMILES string of the molecule is CC(NCC(O)C(F)F)c1cccc(S(N)(=O)=O)c1. The fourth-order valence-corrected chi connectivity index (χ4v) is 2.03. The molecule has 19 heavy (non-hydrogen) atoms. The van der Waals surface area contributed by atoms with Gasteiger partial charge in [0.1, 0.15) is 6.10 Å². The van der Waals surface area contributed by atoms with E-state index in [1.165, 1.54) is 18.2 Å². The molecule has 108 valence electrons. The van der Waals surface area contributed by atoms with Crippen molar-refractivity contribution in [3.63, 3.8) is 0 Å². The summed E-state index contributed by atoms with van der Waals surface area (Å²) in [6.45, 7) is 1.37. The third-order valence-electron chi connectivity index (χ3n) is 2.61. The molecule has 1 aromatic rings. The highest BCUT2D eigenvalue weighted by molar-refractivity contribution is 7.89. The molecule has 0 bridgehead atoms. The van der Waals surface area contributed by atoms with Crippen LogP contribution in [0.4, 0.5) is 8.78 Å². The van der Waals surface area contributed by atoms with Crippen molar-refractivity contribution in [3.8, 4) is 0 Å². The lowest BCUT2D eigenvalue weighted by molar-refractivity contribution is -0.00439. The quantitative estimate of drug-likeness (QED) is 0.717. The number of nitrogens with two attached hydrogens (primary N) is 1. The number of aliphatic hydroxyl groups excluding tert-OH is 1. The molecule has 0 aliphatic carbocycles. The molecular formula is C11H16F2N2O3S. The number of alkyl halides is 2. The van der Waals surface area contributed by atoms with Crippen LogP contribution < -0.4 is 10.5 Å². The molecule has 0 aromatic heterocycles. The summed E-state index contributed by atoms with van der Waals surface area (Å²) in [5.41, 5.74) is 0.577. The fourth-order valence-electron chi connectivity index (χ4n) is 1.47. The van der Waals surface area contributed by atoms with Crippen LogP contribution in [0, 0.1) is 0 Å². The lowest BCUT2D eigenvalue weighted by atomic mass is 10.1. The first kappa shape index (κ1) is 16.0. The Kier molecular flexibility index (Phi) is 5.36. The molecule has 8 heteroatoms. The summed E-state index contributed by atoms with van der Waals surface area (Å²) in [6, 6.07) is 5.47. The van der Waals surface area contributed by atoms with Gasteiger partial charge in [0.15, 0.2) is 0 Å². The first-order valence-electron chi connectivity index (χ1n) is 5.54. The number of benzene rings is 1. The second-order valence-electron chi connectivity index (χ2n) is 4.15. The van der Waals surface area contributed by atoms with Crippen molar-refractivity contribution in [2.75, 3.05) is 6.54 Å². The van der Waals surface area contributed by atoms with Gasteiger partial charge in [-0.05, 0) is 24.6 Å². The second-order valence-corrected chi connectivity index (χ2v) is 5.71. The Hall–Kier alpha value is -1.09. The van der Waals surface area contributed by atoms with Crippen molar-refractivity contribution in [2.24, 2.45) is 5.14 Å². The van der Waals surface area contributed by atoms with Crippen LogP contribution >= 0.6 is 0 Å². The van der Waals surface area contributed by atoms with Gasteiger partial charge in [0.2, 0.25) is 10.0 Å². The van der Waals surface area contributed by atoms with Crippen LogP contribution in [0.2, 0.25) is 0 Å². The Morgan fingerprint density at radius 1 is 1.42 bits per heavy atom. The molecule has 2 unspecified atom stereocenters. The van der Waals surface area contributed by atoms with Gasteiger partial charge < -0.3 is 10.4 Å². The lowest BCUT2D eigenvalue weighted by Crippen LogP contribution is -2.33. The molecule has 0 aliphatic heterocycles. The molecule has 4 N–H and O–H groups in total. The van der Waals surface area contributed by atoms with Crippen LogP contribution in [0.25, 0.3) is 0 Å². The van der Waals surface area contributed by atoms with Gasteiger partial charge in [-0.3, -0.25) is 0 Å². The fraction of sp³-hybridized carbons (Fsp3) is 0.455. The van der Waals surface area contributed by atoms with Crippen LogP contribution in [-0.2, 0) is 10.0 Å². The number of primary sulfonamides is 1. The number of sulfonamides is 1. The summed E-state index contributed by atoms with van der Waals surface area (Å²) >= 11 is 0. The molecule has 0 aliphatic rings. The van der Waals surface area contributed by atoms with Crippen molar-refractivity contribution in [3.05, 3.63) is 29.8 Å². The Balaban J connectivity index is 2.75. The minimum atomic E-state index is -3.80. The Bertz CT molecular complexity index is 522. The monoisotopic (exact) mass is 294 g/mol. The Labute approximate surface area is 110 Å². The number of nitrogens with one attached hydrogen (secondary N) is 1. The normalized spacial score (nSPS) is 15.5. The van der Waals surface area contributed by atoms with E-state index in [1.807, 2.05) is 0 Å².